The SMILES string of the molecule is O=C(CN1CC(c2nc(-c3cccnc3)no2)C1)NCc1ccccc1Cl. The Morgan fingerprint density at radius 3 is 2.89 bits per heavy atom. The second-order valence-corrected chi connectivity index (χ2v) is 6.86. The van der Waals surface area contributed by atoms with E-state index in [1.807, 2.05) is 41.3 Å². The van der Waals surface area contributed by atoms with Gasteiger partial charge in [0.1, 0.15) is 0 Å². The highest BCUT2D eigenvalue weighted by Crippen LogP contribution is 2.27. The lowest BCUT2D eigenvalue weighted by Crippen LogP contribution is -2.49. The van der Waals surface area contributed by atoms with E-state index in [-0.39, 0.29) is 11.8 Å². The zero-order chi connectivity index (χ0) is 18.6. The van der Waals surface area contributed by atoms with Crippen molar-refractivity contribution in [3.63, 3.8) is 0 Å². The molecule has 0 bridgehead atoms. The molecule has 1 amide bonds. The number of nitrogens with one attached hydrogen (secondary N) is 1. The lowest BCUT2D eigenvalue weighted by molar-refractivity contribution is -0.123. The van der Waals surface area contributed by atoms with Crippen LogP contribution in [0.2, 0.25) is 5.02 Å². The first-order valence-electron chi connectivity index (χ1n) is 8.65. The molecule has 1 N–H and O–H groups in total. The van der Waals surface area contributed by atoms with Crippen molar-refractivity contribution in [3.05, 3.63) is 65.3 Å². The van der Waals surface area contributed by atoms with E-state index in [9.17, 15) is 4.79 Å². The summed E-state index contributed by atoms with van der Waals surface area (Å²) in [6, 6.07) is 11.2. The summed E-state index contributed by atoms with van der Waals surface area (Å²) in [5.41, 5.74) is 1.73. The molecule has 1 aliphatic heterocycles. The minimum atomic E-state index is -0.0325. The lowest BCUT2D eigenvalue weighted by atomic mass is 10.0. The van der Waals surface area contributed by atoms with E-state index >= 15 is 0 Å². The van der Waals surface area contributed by atoms with E-state index in [2.05, 4.69) is 20.4 Å². The first kappa shape index (κ1) is 17.6. The molecule has 1 aromatic carbocycles. The molecule has 27 heavy (non-hydrogen) atoms. The molecular formula is C19H18ClN5O2. The number of carbonyl (C=O) groups is 1. The van der Waals surface area contributed by atoms with E-state index in [0.717, 1.165) is 11.1 Å². The molecular weight excluding hydrogens is 366 g/mol. The van der Waals surface area contributed by atoms with Crippen LogP contribution < -0.4 is 5.32 Å². The van der Waals surface area contributed by atoms with Crippen LogP contribution in [0.4, 0.5) is 0 Å². The number of benzene rings is 1. The third kappa shape index (κ3) is 4.15. The van der Waals surface area contributed by atoms with Crippen molar-refractivity contribution in [1.82, 2.24) is 25.3 Å². The Kier molecular flexibility index (Phi) is 5.13. The number of carbonyl (C=O) groups excluding carboxylic acids is 1. The zero-order valence-electron chi connectivity index (χ0n) is 14.5. The topological polar surface area (TPSA) is 84.2 Å². The van der Waals surface area contributed by atoms with Crippen LogP contribution in [0.5, 0.6) is 0 Å². The third-order valence-electron chi connectivity index (χ3n) is 4.47. The Balaban J connectivity index is 1.25. The summed E-state index contributed by atoms with van der Waals surface area (Å²) in [5, 5.41) is 7.56. The molecule has 0 atom stereocenters. The monoisotopic (exact) mass is 383 g/mol. The Morgan fingerprint density at radius 1 is 1.26 bits per heavy atom. The van der Waals surface area contributed by atoms with E-state index in [0.29, 0.717) is 42.9 Å². The lowest BCUT2D eigenvalue weighted by Gasteiger charge is -2.36. The Morgan fingerprint density at radius 2 is 2.11 bits per heavy atom. The normalized spacial score (nSPS) is 14.7. The van der Waals surface area contributed by atoms with Crippen molar-refractivity contribution in [3.8, 4) is 11.4 Å². The van der Waals surface area contributed by atoms with Crippen LogP contribution in [0.3, 0.4) is 0 Å². The standard InChI is InChI=1S/C19H18ClN5O2/c20-16-6-2-1-4-13(16)9-22-17(26)12-25-10-15(11-25)19-23-18(24-27-19)14-5-3-7-21-8-14/h1-8,15H,9-12H2,(H,22,26). The van der Waals surface area contributed by atoms with Gasteiger partial charge in [-0.2, -0.15) is 4.98 Å². The first-order chi connectivity index (χ1) is 13.2. The quantitative estimate of drug-likeness (QED) is 0.704. The second kappa shape index (κ2) is 7.85. The molecule has 0 spiro atoms. The molecule has 2 aromatic heterocycles. The Bertz CT molecular complexity index is 925. The largest absolute Gasteiger partial charge is 0.351 e. The summed E-state index contributed by atoms with van der Waals surface area (Å²) in [6.45, 7) is 2.20. The summed E-state index contributed by atoms with van der Waals surface area (Å²) in [7, 11) is 0. The number of hydrogen-bond acceptors (Lipinski definition) is 6. The summed E-state index contributed by atoms with van der Waals surface area (Å²) in [6.07, 6.45) is 3.40. The number of rotatable bonds is 6. The fourth-order valence-electron chi connectivity index (χ4n) is 2.96. The average molecular weight is 384 g/mol. The minimum absolute atomic E-state index is 0.0325. The zero-order valence-corrected chi connectivity index (χ0v) is 15.3. The molecule has 1 fully saturated rings. The third-order valence-corrected chi connectivity index (χ3v) is 4.84. The van der Waals surface area contributed by atoms with Crippen molar-refractivity contribution in [2.24, 2.45) is 0 Å². The molecule has 4 rings (SSSR count). The molecule has 1 saturated heterocycles. The van der Waals surface area contributed by atoms with Crippen molar-refractivity contribution in [2.75, 3.05) is 19.6 Å². The van der Waals surface area contributed by atoms with Crippen LogP contribution in [0.15, 0.2) is 53.3 Å². The van der Waals surface area contributed by atoms with Crippen molar-refractivity contribution in [2.45, 2.75) is 12.5 Å². The van der Waals surface area contributed by atoms with Gasteiger partial charge in [0.05, 0.1) is 12.5 Å². The number of pyridine rings is 1. The fourth-order valence-corrected chi connectivity index (χ4v) is 3.17. The van der Waals surface area contributed by atoms with Crippen LogP contribution >= 0.6 is 11.6 Å². The smallest absolute Gasteiger partial charge is 0.234 e. The van der Waals surface area contributed by atoms with Gasteiger partial charge in [0.2, 0.25) is 17.6 Å². The maximum Gasteiger partial charge on any atom is 0.234 e. The van der Waals surface area contributed by atoms with Gasteiger partial charge in [-0.15, -0.1) is 0 Å². The van der Waals surface area contributed by atoms with Crippen molar-refractivity contribution in [1.29, 1.82) is 0 Å². The van der Waals surface area contributed by atoms with Crippen LogP contribution in [0.1, 0.15) is 17.4 Å². The van der Waals surface area contributed by atoms with E-state index < -0.39 is 0 Å². The average Bonchev–Trinajstić information content (AvgIpc) is 3.14. The number of halogens is 1. The summed E-state index contributed by atoms with van der Waals surface area (Å²) in [4.78, 5) is 22.6. The number of nitrogens with zero attached hydrogens (tertiary/aromatic N) is 4. The number of likely N-dealkylation sites (tertiary alicyclic amines) is 1. The van der Waals surface area contributed by atoms with Gasteiger partial charge >= 0.3 is 0 Å². The molecule has 1 aliphatic rings. The van der Waals surface area contributed by atoms with Gasteiger partial charge < -0.3 is 9.84 Å². The maximum absolute atomic E-state index is 12.1. The highest BCUT2D eigenvalue weighted by atomic mass is 35.5. The summed E-state index contributed by atoms with van der Waals surface area (Å²) >= 11 is 6.10. The first-order valence-corrected chi connectivity index (χ1v) is 9.03. The Hall–Kier alpha value is -2.77. The molecule has 7 nitrogen and oxygen atoms in total. The molecule has 3 heterocycles. The van der Waals surface area contributed by atoms with Gasteiger partial charge in [0, 0.05) is 42.6 Å². The molecule has 3 aromatic rings. The molecule has 0 aliphatic carbocycles. The predicted octanol–water partition coefficient (Wildman–Crippen LogP) is 2.50. The number of amides is 1. The second-order valence-electron chi connectivity index (χ2n) is 6.46. The molecule has 0 saturated carbocycles. The van der Waals surface area contributed by atoms with Gasteiger partial charge in [-0.25, -0.2) is 0 Å². The highest BCUT2D eigenvalue weighted by molar-refractivity contribution is 6.31. The molecule has 8 heteroatoms. The van der Waals surface area contributed by atoms with Gasteiger partial charge in [-0.1, -0.05) is 35.0 Å². The van der Waals surface area contributed by atoms with Gasteiger partial charge in [-0.05, 0) is 23.8 Å². The van der Waals surface area contributed by atoms with Gasteiger partial charge in [0.25, 0.3) is 0 Å². The maximum atomic E-state index is 12.1. The van der Waals surface area contributed by atoms with Crippen molar-refractivity contribution < 1.29 is 9.32 Å². The van der Waals surface area contributed by atoms with E-state index in [1.165, 1.54) is 0 Å². The van der Waals surface area contributed by atoms with Crippen molar-refractivity contribution >= 4 is 17.5 Å². The predicted molar refractivity (Wildman–Crippen MR) is 100 cm³/mol. The van der Waals surface area contributed by atoms with Crippen LogP contribution in [-0.2, 0) is 11.3 Å². The number of hydrogen-bond donors (Lipinski definition) is 1. The molecule has 0 radical (unpaired) electrons. The van der Waals surface area contributed by atoms with Gasteiger partial charge in [0.15, 0.2) is 0 Å². The highest BCUT2D eigenvalue weighted by Gasteiger charge is 2.33. The van der Waals surface area contributed by atoms with Crippen LogP contribution in [0, 0.1) is 0 Å². The number of aromatic nitrogens is 3. The van der Waals surface area contributed by atoms with E-state index in [4.69, 9.17) is 16.1 Å². The Labute approximate surface area is 161 Å². The van der Waals surface area contributed by atoms with Crippen LogP contribution in [0.25, 0.3) is 11.4 Å². The van der Waals surface area contributed by atoms with Crippen LogP contribution in [-0.4, -0.2) is 45.6 Å². The fraction of sp³-hybridized carbons (Fsp3) is 0.263. The molecule has 0 unspecified atom stereocenters. The summed E-state index contributed by atoms with van der Waals surface area (Å²) < 4.78 is 5.36. The minimum Gasteiger partial charge on any atom is -0.351 e. The molecule has 138 valence electrons. The summed E-state index contributed by atoms with van der Waals surface area (Å²) in [5.74, 6) is 1.25. The van der Waals surface area contributed by atoms with E-state index in [1.54, 1.807) is 12.4 Å². The van der Waals surface area contributed by atoms with Gasteiger partial charge in [-0.3, -0.25) is 14.7 Å².